The number of benzene rings is 2. The van der Waals surface area contributed by atoms with Crippen LogP contribution in [0.15, 0.2) is 64.3 Å². The highest BCUT2D eigenvalue weighted by Gasteiger charge is 2.21. The van der Waals surface area contributed by atoms with Gasteiger partial charge in [-0.3, -0.25) is 13.9 Å². The summed E-state index contributed by atoms with van der Waals surface area (Å²) in [6, 6.07) is 12.5. The minimum atomic E-state index is -0.496. The van der Waals surface area contributed by atoms with E-state index in [1.165, 1.54) is 29.8 Å². The van der Waals surface area contributed by atoms with E-state index in [2.05, 4.69) is 0 Å². The number of aryl methyl sites for hydroxylation is 1. The normalized spacial score (nSPS) is 11.2. The van der Waals surface area contributed by atoms with Crippen LogP contribution in [0.4, 0.5) is 4.39 Å². The zero-order valence-corrected chi connectivity index (χ0v) is 14.7. The van der Waals surface area contributed by atoms with Gasteiger partial charge < -0.3 is 9.67 Å². The van der Waals surface area contributed by atoms with Crippen LogP contribution in [-0.4, -0.2) is 18.8 Å². The first-order chi connectivity index (χ1) is 12.9. The molecule has 1 N–H and O–H groups in total. The maximum atomic E-state index is 14.6. The van der Waals surface area contributed by atoms with Crippen LogP contribution in [0.5, 0.6) is 5.75 Å². The Hall–Kier alpha value is -3.61. The summed E-state index contributed by atoms with van der Waals surface area (Å²) < 4.78 is 18.6. The third kappa shape index (κ3) is 2.47. The lowest BCUT2D eigenvalue weighted by atomic mass is 10.1. The van der Waals surface area contributed by atoms with E-state index >= 15 is 0 Å². The molecule has 0 aliphatic heterocycles. The van der Waals surface area contributed by atoms with Crippen LogP contribution in [0.25, 0.3) is 27.8 Å². The molecule has 7 heteroatoms. The summed E-state index contributed by atoms with van der Waals surface area (Å²) in [5, 5.41) is 9.81. The van der Waals surface area contributed by atoms with Gasteiger partial charge in [0, 0.05) is 31.5 Å². The van der Waals surface area contributed by atoms with Gasteiger partial charge in [-0.05, 0) is 36.4 Å². The molecule has 6 nitrogen and oxygen atoms in total. The fraction of sp³-hybridized carbons (Fsp3) is 0.100. The molecule has 136 valence electrons. The van der Waals surface area contributed by atoms with Gasteiger partial charge in [-0.25, -0.2) is 9.18 Å². The van der Waals surface area contributed by atoms with E-state index in [1.807, 2.05) is 0 Å². The van der Waals surface area contributed by atoms with Crippen molar-refractivity contribution in [1.82, 2.24) is 13.7 Å². The maximum absolute atomic E-state index is 14.6. The molecule has 0 spiro atoms. The summed E-state index contributed by atoms with van der Waals surface area (Å²) in [6.07, 6.45) is 1.63. The molecule has 0 atom stereocenters. The van der Waals surface area contributed by atoms with Crippen molar-refractivity contribution in [2.24, 2.45) is 14.1 Å². The Labute approximate surface area is 153 Å². The minimum Gasteiger partial charge on any atom is -0.508 e. The van der Waals surface area contributed by atoms with Crippen LogP contribution >= 0.6 is 0 Å². The van der Waals surface area contributed by atoms with Crippen molar-refractivity contribution in [3.8, 4) is 22.7 Å². The fourth-order valence-electron chi connectivity index (χ4n) is 3.28. The zero-order chi connectivity index (χ0) is 19.3. The first kappa shape index (κ1) is 16.8. The molecule has 0 saturated heterocycles. The van der Waals surface area contributed by atoms with E-state index in [0.717, 1.165) is 4.57 Å². The first-order valence-electron chi connectivity index (χ1n) is 8.25. The molecule has 0 amide bonds. The molecule has 0 unspecified atom stereocenters. The van der Waals surface area contributed by atoms with Gasteiger partial charge in [0.25, 0.3) is 5.56 Å². The fourth-order valence-corrected chi connectivity index (χ4v) is 3.28. The monoisotopic (exact) mass is 365 g/mol. The Kier molecular flexibility index (Phi) is 3.73. The summed E-state index contributed by atoms with van der Waals surface area (Å²) in [6.45, 7) is 0. The number of aromatic nitrogens is 3. The molecule has 4 rings (SSSR count). The van der Waals surface area contributed by atoms with E-state index < -0.39 is 17.1 Å². The summed E-state index contributed by atoms with van der Waals surface area (Å²) in [4.78, 5) is 25.2. The SMILES string of the molecule is Cn1c(=O)c2c(-c3ccccc3F)n(-c3ccc(O)cc3)cc2n(C)c1=O. The smallest absolute Gasteiger partial charge is 0.330 e. The number of rotatable bonds is 2. The molecule has 27 heavy (non-hydrogen) atoms. The lowest BCUT2D eigenvalue weighted by Gasteiger charge is -2.11. The molecule has 0 saturated carbocycles. The molecular weight excluding hydrogens is 349 g/mol. The third-order valence-electron chi connectivity index (χ3n) is 4.70. The second-order valence-corrected chi connectivity index (χ2v) is 6.31. The van der Waals surface area contributed by atoms with Crippen LogP contribution in [0.3, 0.4) is 0 Å². The molecule has 0 radical (unpaired) electrons. The topological polar surface area (TPSA) is 69.2 Å². The molecule has 0 aliphatic rings. The lowest BCUT2D eigenvalue weighted by molar-refractivity contribution is 0.475. The van der Waals surface area contributed by atoms with E-state index in [9.17, 15) is 19.1 Å². The van der Waals surface area contributed by atoms with Gasteiger partial charge in [0.2, 0.25) is 0 Å². The van der Waals surface area contributed by atoms with Gasteiger partial charge in [0.05, 0.1) is 16.6 Å². The lowest BCUT2D eigenvalue weighted by Crippen LogP contribution is -2.36. The number of hydrogen-bond donors (Lipinski definition) is 1. The van der Waals surface area contributed by atoms with Crippen LogP contribution in [-0.2, 0) is 14.1 Å². The van der Waals surface area contributed by atoms with Crippen molar-refractivity contribution in [2.75, 3.05) is 0 Å². The largest absolute Gasteiger partial charge is 0.508 e. The number of hydrogen-bond acceptors (Lipinski definition) is 3. The second-order valence-electron chi connectivity index (χ2n) is 6.31. The summed E-state index contributed by atoms with van der Waals surface area (Å²) in [5.41, 5.74) is 0.659. The van der Waals surface area contributed by atoms with Crippen LogP contribution in [0, 0.1) is 5.82 Å². The highest BCUT2D eigenvalue weighted by molar-refractivity contribution is 5.95. The standard InChI is InChI=1S/C20H16FN3O3/c1-22-16-11-24(12-7-9-13(25)10-8-12)18(14-5-3-4-6-15(14)21)17(16)19(26)23(2)20(22)27/h3-11,25H,1-2H3. The predicted molar refractivity (Wildman–Crippen MR) is 101 cm³/mol. The molecule has 0 aliphatic carbocycles. The highest BCUT2D eigenvalue weighted by atomic mass is 19.1. The Bertz CT molecular complexity index is 1300. The molecule has 0 bridgehead atoms. The van der Waals surface area contributed by atoms with E-state index in [0.29, 0.717) is 16.9 Å². The zero-order valence-electron chi connectivity index (χ0n) is 14.7. The molecule has 2 aromatic carbocycles. The number of fused-ring (bicyclic) bond motifs is 1. The van der Waals surface area contributed by atoms with Crippen LogP contribution in [0.2, 0.25) is 0 Å². The number of halogens is 1. The van der Waals surface area contributed by atoms with Crippen molar-refractivity contribution in [2.45, 2.75) is 0 Å². The van der Waals surface area contributed by atoms with Crippen molar-refractivity contribution in [3.63, 3.8) is 0 Å². The van der Waals surface area contributed by atoms with Crippen LogP contribution in [0.1, 0.15) is 0 Å². The van der Waals surface area contributed by atoms with Crippen molar-refractivity contribution < 1.29 is 9.50 Å². The second kappa shape index (κ2) is 5.98. The van der Waals surface area contributed by atoms with Gasteiger partial charge in [0.15, 0.2) is 0 Å². The van der Waals surface area contributed by atoms with Gasteiger partial charge >= 0.3 is 5.69 Å². The Morgan fingerprint density at radius 1 is 0.926 bits per heavy atom. The molecular formula is C20H16FN3O3. The number of aromatic hydroxyl groups is 1. The quantitative estimate of drug-likeness (QED) is 0.594. The molecule has 0 fully saturated rings. The number of phenolic OH excluding ortho intramolecular Hbond substituents is 1. The predicted octanol–water partition coefficient (Wildman–Crippen LogP) is 2.54. The number of phenols is 1. The van der Waals surface area contributed by atoms with Crippen LogP contribution < -0.4 is 11.2 Å². The van der Waals surface area contributed by atoms with E-state index in [-0.39, 0.29) is 16.7 Å². The van der Waals surface area contributed by atoms with Gasteiger partial charge in [0.1, 0.15) is 11.6 Å². The summed E-state index contributed by atoms with van der Waals surface area (Å²) >= 11 is 0. The Morgan fingerprint density at radius 3 is 2.26 bits per heavy atom. The van der Waals surface area contributed by atoms with E-state index in [4.69, 9.17) is 0 Å². The maximum Gasteiger partial charge on any atom is 0.330 e. The van der Waals surface area contributed by atoms with Gasteiger partial charge in [-0.15, -0.1) is 0 Å². The number of nitrogens with zero attached hydrogens (tertiary/aromatic N) is 3. The summed E-state index contributed by atoms with van der Waals surface area (Å²) in [7, 11) is 2.96. The van der Waals surface area contributed by atoms with Crippen molar-refractivity contribution >= 4 is 10.9 Å². The van der Waals surface area contributed by atoms with Gasteiger partial charge in [-0.1, -0.05) is 12.1 Å². The van der Waals surface area contributed by atoms with Crippen molar-refractivity contribution in [3.05, 3.63) is 81.4 Å². The first-order valence-corrected chi connectivity index (χ1v) is 8.25. The Balaban J connectivity index is 2.23. The van der Waals surface area contributed by atoms with Crippen molar-refractivity contribution in [1.29, 1.82) is 0 Å². The average Bonchev–Trinajstić information content (AvgIpc) is 3.06. The Morgan fingerprint density at radius 2 is 1.59 bits per heavy atom. The molecule has 4 aromatic rings. The third-order valence-corrected chi connectivity index (χ3v) is 4.70. The minimum absolute atomic E-state index is 0.0891. The van der Waals surface area contributed by atoms with Gasteiger partial charge in [-0.2, -0.15) is 0 Å². The van der Waals surface area contributed by atoms with E-state index in [1.54, 1.807) is 48.1 Å². The molecule has 2 heterocycles. The summed E-state index contributed by atoms with van der Waals surface area (Å²) in [5.74, 6) is -0.389. The average molecular weight is 365 g/mol. The highest BCUT2D eigenvalue weighted by Crippen LogP contribution is 2.32. The molecule has 2 aromatic heterocycles.